The van der Waals surface area contributed by atoms with Crippen LogP contribution in [0, 0.1) is 0 Å². The summed E-state index contributed by atoms with van der Waals surface area (Å²) in [5.74, 6) is 1.17. The van der Waals surface area contributed by atoms with Gasteiger partial charge in [0, 0.05) is 13.6 Å². The molecule has 94 valence electrons. The predicted molar refractivity (Wildman–Crippen MR) is 69.2 cm³/mol. The molecule has 0 fully saturated rings. The van der Waals surface area contributed by atoms with Crippen molar-refractivity contribution in [1.29, 1.82) is 0 Å². The molecular weight excluding hydrogens is 218 g/mol. The molecule has 0 atom stereocenters. The molecule has 0 radical (unpaired) electrons. The van der Waals surface area contributed by atoms with Crippen molar-refractivity contribution in [1.82, 2.24) is 9.97 Å². The van der Waals surface area contributed by atoms with E-state index in [4.69, 9.17) is 5.73 Å². The summed E-state index contributed by atoms with van der Waals surface area (Å²) in [6, 6.07) is 0. The summed E-state index contributed by atoms with van der Waals surface area (Å²) in [7, 11) is 3.46. The Labute approximate surface area is 101 Å². The second kappa shape index (κ2) is 6.67. The van der Waals surface area contributed by atoms with Crippen LogP contribution in [-0.2, 0) is 4.84 Å². The monoisotopic (exact) mass is 237 g/mol. The third-order valence-corrected chi connectivity index (χ3v) is 2.39. The standard InChI is InChI=1S/C11H19N5O/c1-4-5-6-16(2)11-9(7-15-17-3)10(12)13-8-14-11/h7-8H,4-6H2,1-3H3,(H2,12,13,14)/b15-7+. The lowest BCUT2D eigenvalue weighted by molar-refractivity contribution is 0.215. The minimum atomic E-state index is 0.402. The SMILES string of the molecule is CCCCN(C)c1ncnc(N)c1/C=N/OC. The van der Waals surface area contributed by atoms with Crippen molar-refractivity contribution in [2.24, 2.45) is 5.16 Å². The number of hydrogen-bond donors (Lipinski definition) is 1. The van der Waals surface area contributed by atoms with Crippen molar-refractivity contribution in [3.05, 3.63) is 11.9 Å². The van der Waals surface area contributed by atoms with Crippen LogP contribution in [0.15, 0.2) is 11.5 Å². The smallest absolute Gasteiger partial charge is 0.142 e. The molecule has 1 aromatic rings. The van der Waals surface area contributed by atoms with Gasteiger partial charge in [-0.25, -0.2) is 9.97 Å². The van der Waals surface area contributed by atoms with Gasteiger partial charge in [0.1, 0.15) is 25.1 Å². The number of oxime groups is 1. The van der Waals surface area contributed by atoms with E-state index in [1.54, 1.807) is 0 Å². The Morgan fingerprint density at radius 1 is 1.53 bits per heavy atom. The van der Waals surface area contributed by atoms with E-state index in [1.165, 1.54) is 19.7 Å². The summed E-state index contributed by atoms with van der Waals surface area (Å²) < 4.78 is 0. The average Bonchev–Trinajstić information content (AvgIpc) is 2.34. The van der Waals surface area contributed by atoms with Gasteiger partial charge in [-0.2, -0.15) is 0 Å². The van der Waals surface area contributed by atoms with Crippen LogP contribution in [0.25, 0.3) is 0 Å². The number of anilines is 2. The van der Waals surface area contributed by atoms with E-state index >= 15 is 0 Å². The maximum Gasteiger partial charge on any atom is 0.142 e. The van der Waals surface area contributed by atoms with Gasteiger partial charge in [0.2, 0.25) is 0 Å². The van der Waals surface area contributed by atoms with Gasteiger partial charge in [0.05, 0.1) is 11.8 Å². The van der Waals surface area contributed by atoms with Crippen molar-refractivity contribution >= 4 is 17.9 Å². The Hall–Kier alpha value is -1.85. The number of nitrogens with zero attached hydrogens (tertiary/aromatic N) is 4. The highest BCUT2D eigenvalue weighted by atomic mass is 16.6. The average molecular weight is 237 g/mol. The van der Waals surface area contributed by atoms with Crippen molar-refractivity contribution in [3.63, 3.8) is 0 Å². The zero-order valence-corrected chi connectivity index (χ0v) is 10.6. The predicted octanol–water partition coefficient (Wildman–Crippen LogP) is 1.28. The molecule has 0 aliphatic carbocycles. The molecular formula is C11H19N5O. The van der Waals surface area contributed by atoms with Crippen molar-refractivity contribution < 1.29 is 4.84 Å². The first-order valence-corrected chi connectivity index (χ1v) is 5.58. The van der Waals surface area contributed by atoms with Gasteiger partial charge in [-0.15, -0.1) is 0 Å². The normalized spacial score (nSPS) is 10.8. The second-order valence-corrected chi connectivity index (χ2v) is 3.69. The van der Waals surface area contributed by atoms with E-state index < -0.39 is 0 Å². The molecule has 0 amide bonds. The van der Waals surface area contributed by atoms with E-state index in [0.29, 0.717) is 11.4 Å². The van der Waals surface area contributed by atoms with Crippen LogP contribution in [0.2, 0.25) is 0 Å². The van der Waals surface area contributed by atoms with Gasteiger partial charge in [0.15, 0.2) is 0 Å². The van der Waals surface area contributed by atoms with Crippen LogP contribution in [0.5, 0.6) is 0 Å². The maximum absolute atomic E-state index is 5.80. The number of unbranched alkanes of at least 4 members (excludes halogenated alkanes) is 1. The largest absolute Gasteiger partial charge is 0.399 e. The first-order valence-electron chi connectivity index (χ1n) is 5.58. The topological polar surface area (TPSA) is 76.6 Å². The lowest BCUT2D eigenvalue weighted by Gasteiger charge is -2.19. The van der Waals surface area contributed by atoms with E-state index in [1.807, 2.05) is 11.9 Å². The summed E-state index contributed by atoms with van der Waals surface area (Å²) in [5.41, 5.74) is 6.49. The van der Waals surface area contributed by atoms with Gasteiger partial charge in [-0.1, -0.05) is 18.5 Å². The van der Waals surface area contributed by atoms with Crippen LogP contribution in [-0.4, -0.2) is 36.9 Å². The summed E-state index contributed by atoms with van der Waals surface area (Å²) in [5, 5.41) is 3.71. The van der Waals surface area contributed by atoms with Crippen LogP contribution >= 0.6 is 0 Å². The molecule has 1 aromatic heterocycles. The third-order valence-electron chi connectivity index (χ3n) is 2.39. The Balaban J connectivity index is 2.97. The van der Waals surface area contributed by atoms with Crippen LogP contribution in [0.3, 0.4) is 0 Å². The lowest BCUT2D eigenvalue weighted by Crippen LogP contribution is -2.22. The second-order valence-electron chi connectivity index (χ2n) is 3.69. The van der Waals surface area contributed by atoms with Crippen molar-refractivity contribution in [2.75, 3.05) is 31.3 Å². The first-order chi connectivity index (χ1) is 8.20. The number of rotatable bonds is 6. The minimum Gasteiger partial charge on any atom is -0.399 e. The molecule has 0 aliphatic heterocycles. The van der Waals surface area contributed by atoms with Gasteiger partial charge in [0.25, 0.3) is 0 Å². The fourth-order valence-corrected chi connectivity index (χ4v) is 1.43. The number of nitrogens with two attached hydrogens (primary N) is 1. The molecule has 0 saturated heterocycles. The third kappa shape index (κ3) is 3.58. The Morgan fingerprint density at radius 2 is 2.29 bits per heavy atom. The zero-order chi connectivity index (χ0) is 12.7. The Kier molecular flexibility index (Phi) is 5.19. The molecule has 2 N–H and O–H groups in total. The summed E-state index contributed by atoms with van der Waals surface area (Å²) >= 11 is 0. The van der Waals surface area contributed by atoms with Gasteiger partial charge >= 0.3 is 0 Å². The summed E-state index contributed by atoms with van der Waals surface area (Å²) in [6.45, 7) is 3.07. The zero-order valence-electron chi connectivity index (χ0n) is 10.6. The van der Waals surface area contributed by atoms with Gasteiger partial charge in [-0.05, 0) is 6.42 Å². The Morgan fingerprint density at radius 3 is 2.94 bits per heavy atom. The van der Waals surface area contributed by atoms with E-state index in [2.05, 4.69) is 26.9 Å². The summed E-state index contributed by atoms with van der Waals surface area (Å²) in [6.07, 6.45) is 5.22. The van der Waals surface area contributed by atoms with E-state index in [-0.39, 0.29) is 0 Å². The van der Waals surface area contributed by atoms with Crippen molar-refractivity contribution in [2.45, 2.75) is 19.8 Å². The van der Waals surface area contributed by atoms with Crippen LogP contribution in [0.1, 0.15) is 25.3 Å². The molecule has 0 spiro atoms. The highest BCUT2D eigenvalue weighted by Gasteiger charge is 2.11. The lowest BCUT2D eigenvalue weighted by atomic mass is 10.2. The molecule has 0 bridgehead atoms. The molecule has 0 saturated carbocycles. The van der Waals surface area contributed by atoms with Crippen molar-refractivity contribution in [3.8, 4) is 0 Å². The van der Waals surface area contributed by atoms with Gasteiger partial charge in [-0.3, -0.25) is 0 Å². The molecule has 1 rings (SSSR count). The fourth-order valence-electron chi connectivity index (χ4n) is 1.43. The first kappa shape index (κ1) is 13.2. The molecule has 1 heterocycles. The molecule has 0 aliphatic rings. The van der Waals surface area contributed by atoms with E-state index in [9.17, 15) is 0 Å². The number of nitrogen functional groups attached to an aromatic ring is 1. The van der Waals surface area contributed by atoms with E-state index in [0.717, 1.165) is 25.2 Å². The van der Waals surface area contributed by atoms with Crippen LogP contribution in [0.4, 0.5) is 11.6 Å². The molecule has 6 heteroatoms. The highest BCUT2D eigenvalue weighted by molar-refractivity contribution is 5.91. The van der Waals surface area contributed by atoms with Gasteiger partial charge < -0.3 is 15.5 Å². The molecule has 0 unspecified atom stereocenters. The fraction of sp³-hybridized carbons (Fsp3) is 0.545. The highest BCUT2D eigenvalue weighted by Crippen LogP contribution is 2.18. The number of hydrogen-bond acceptors (Lipinski definition) is 6. The molecule has 17 heavy (non-hydrogen) atoms. The van der Waals surface area contributed by atoms with Crippen LogP contribution < -0.4 is 10.6 Å². The minimum absolute atomic E-state index is 0.402. The number of aromatic nitrogens is 2. The maximum atomic E-state index is 5.80. The molecule has 0 aromatic carbocycles. The quantitative estimate of drug-likeness (QED) is 0.595. The Bertz CT molecular complexity index is 380. The summed E-state index contributed by atoms with van der Waals surface area (Å²) in [4.78, 5) is 14.9. The molecule has 6 nitrogen and oxygen atoms in total.